The Labute approximate surface area is 184 Å². The highest BCUT2D eigenvalue weighted by Crippen LogP contribution is 2.33. The van der Waals surface area contributed by atoms with E-state index in [-0.39, 0.29) is 17.9 Å². The Kier molecular flexibility index (Phi) is 6.56. The van der Waals surface area contributed by atoms with E-state index in [9.17, 15) is 9.59 Å². The molecule has 2 aromatic rings. The molecule has 1 fully saturated rings. The molecule has 5 N–H and O–H groups in total. The number of nitrogens with one attached hydrogen (secondary N) is 3. The highest BCUT2D eigenvalue weighted by atomic mass is 16.2. The number of carbonyl (C=O) groups excluding carboxylic acids is 2. The molecule has 31 heavy (non-hydrogen) atoms. The minimum absolute atomic E-state index is 0.0654. The summed E-state index contributed by atoms with van der Waals surface area (Å²) in [6.45, 7) is 3.45. The van der Waals surface area contributed by atoms with Crippen LogP contribution in [0.1, 0.15) is 59.6 Å². The second kappa shape index (κ2) is 9.52. The van der Waals surface area contributed by atoms with Crippen molar-refractivity contribution >= 4 is 23.2 Å². The summed E-state index contributed by atoms with van der Waals surface area (Å²) in [5, 5.41) is 9.49. The van der Waals surface area contributed by atoms with Gasteiger partial charge in [0.25, 0.3) is 5.91 Å². The summed E-state index contributed by atoms with van der Waals surface area (Å²) in [5.74, 6) is 0.894. The Morgan fingerprint density at radius 1 is 1.10 bits per heavy atom. The Morgan fingerprint density at radius 3 is 2.65 bits per heavy atom. The van der Waals surface area contributed by atoms with Gasteiger partial charge in [0.2, 0.25) is 5.91 Å². The normalized spacial score (nSPS) is 23.2. The first kappa shape index (κ1) is 21.4. The third-order valence-electron chi connectivity index (χ3n) is 6.53. The molecule has 1 heterocycles. The monoisotopic (exact) mass is 420 g/mol. The number of hydrogen-bond acceptors (Lipinski definition) is 4. The maximum atomic E-state index is 12.7. The lowest BCUT2D eigenvalue weighted by Gasteiger charge is -2.28. The van der Waals surface area contributed by atoms with E-state index >= 15 is 0 Å². The summed E-state index contributed by atoms with van der Waals surface area (Å²) in [5.41, 5.74) is 10.1. The van der Waals surface area contributed by atoms with Crippen LogP contribution in [0.5, 0.6) is 0 Å². The lowest BCUT2D eigenvalue weighted by molar-refractivity contribution is -0.116. The van der Waals surface area contributed by atoms with Gasteiger partial charge in [-0.15, -0.1) is 0 Å². The Bertz CT molecular complexity index is 941. The van der Waals surface area contributed by atoms with Gasteiger partial charge in [-0.05, 0) is 68.3 Å². The summed E-state index contributed by atoms with van der Waals surface area (Å²) in [6.07, 6.45) is 4.94. The minimum Gasteiger partial charge on any atom is -0.376 e. The van der Waals surface area contributed by atoms with E-state index in [0.29, 0.717) is 36.1 Å². The van der Waals surface area contributed by atoms with E-state index < -0.39 is 0 Å². The van der Waals surface area contributed by atoms with E-state index in [2.05, 4.69) is 28.1 Å². The lowest BCUT2D eigenvalue weighted by atomic mass is 9.81. The topological polar surface area (TPSA) is 96.2 Å². The average Bonchev–Trinajstić information content (AvgIpc) is 2.95. The van der Waals surface area contributed by atoms with Crippen LogP contribution < -0.4 is 21.7 Å². The van der Waals surface area contributed by atoms with E-state index in [1.807, 2.05) is 31.2 Å². The molecule has 164 valence electrons. The molecule has 2 amide bonds. The standard InChI is InChI=1S/C25H32N4O2/c1-16-5-7-19(8-6-16)22-13-24(30)29-23-12-20(9-10-21(23)28-22)25(31)27-15-18-4-2-3-17(11-18)14-26/h5-10,12,17-18,22,28H,2-4,11,13-15,26H2,1H3,(H,27,31)(H,29,30). The van der Waals surface area contributed by atoms with Crippen molar-refractivity contribution in [2.45, 2.75) is 45.1 Å². The molecule has 1 aliphatic heterocycles. The maximum Gasteiger partial charge on any atom is 0.251 e. The van der Waals surface area contributed by atoms with Gasteiger partial charge in [0, 0.05) is 12.1 Å². The van der Waals surface area contributed by atoms with Gasteiger partial charge in [-0.25, -0.2) is 0 Å². The molecule has 0 bridgehead atoms. The number of anilines is 2. The molecule has 3 atom stereocenters. The molecule has 0 spiro atoms. The molecule has 2 aliphatic rings. The first-order valence-corrected chi connectivity index (χ1v) is 11.3. The van der Waals surface area contributed by atoms with E-state index in [1.165, 1.54) is 18.4 Å². The van der Waals surface area contributed by atoms with Crippen LogP contribution in [-0.2, 0) is 4.79 Å². The van der Waals surface area contributed by atoms with Crippen LogP contribution in [-0.4, -0.2) is 24.9 Å². The van der Waals surface area contributed by atoms with Crippen molar-refractivity contribution in [3.63, 3.8) is 0 Å². The highest BCUT2D eigenvalue weighted by Gasteiger charge is 2.24. The Morgan fingerprint density at radius 2 is 1.87 bits per heavy atom. The second-order valence-electron chi connectivity index (χ2n) is 8.96. The molecule has 2 aromatic carbocycles. The number of hydrogen-bond donors (Lipinski definition) is 4. The van der Waals surface area contributed by atoms with Crippen LogP contribution >= 0.6 is 0 Å². The fourth-order valence-corrected chi connectivity index (χ4v) is 4.68. The number of benzene rings is 2. The van der Waals surface area contributed by atoms with Crippen LogP contribution in [0.15, 0.2) is 42.5 Å². The summed E-state index contributed by atoms with van der Waals surface area (Å²) in [4.78, 5) is 25.2. The zero-order chi connectivity index (χ0) is 21.8. The molecule has 1 aliphatic carbocycles. The van der Waals surface area contributed by atoms with Gasteiger partial charge >= 0.3 is 0 Å². The summed E-state index contributed by atoms with van der Waals surface area (Å²) < 4.78 is 0. The van der Waals surface area contributed by atoms with Crippen molar-refractivity contribution in [2.75, 3.05) is 23.7 Å². The Hall–Kier alpha value is -2.86. The molecule has 0 saturated heterocycles. The van der Waals surface area contributed by atoms with Gasteiger partial charge < -0.3 is 21.7 Å². The largest absolute Gasteiger partial charge is 0.376 e. The van der Waals surface area contributed by atoms with Crippen LogP contribution in [0.25, 0.3) is 0 Å². The molecule has 0 radical (unpaired) electrons. The smallest absolute Gasteiger partial charge is 0.251 e. The lowest BCUT2D eigenvalue weighted by Crippen LogP contribution is -2.33. The molecule has 3 unspecified atom stereocenters. The van der Waals surface area contributed by atoms with Crippen LogP contribution in [0.4, 0.5) is 11.4 Å². The van der Waals surface area contributed by atoms with E-state index in [4.69, 9.17) is 5.73 Å². The van der Waals surface area contributed by atoms with Crippen molar-refractivity contribution in [1.29, 1.82) is 0 Å². The quantitative estimate of drug-likeness (QED) is 0.588. The van der Waals surface area contributed by atoms with Crippen molar-refractivity contribution in [2.24, 2.45) is 17.6 Å². The maximum absolute atomic E-state index is 12.7. The van der Waals surface area contributed by atoms with E-state index in [1.54, 1.807) is 6.07 Å². The van der Waals surface area contributed by atoms with Crippen LogP contribution in [0.3, 0.4) is 0 Å². The van der Waals surface area contributed by atoms with Gasteiger partial charge in [0.1, 0.15) is 0 Å². The van der Waals surface area contributed by atoms with Gasteiger partial charge in [-0.2, -0.15) is 0 Å². The van der Waals surface area contributed by atoms with Gasteiger partial charge in [-0.1, -0.05) is 36.2 Å². The third-order valence-corrected chi connectivity index (χ3v) is 6.53. The van der Waals surface area contributed by atoms with Crippen molar-refractivity contribution in [3.8, 4) is 0 Å². The molecule has 0 aromatic heterocycles. The van der Waals surface area contributed by atoms with Crippen LogP contribution in [0.2, 0.25) is 0 Å². The van der Waals surface area contributed by atoms with Gasteiger partial charge in [-0.3, -0.25) is 9.59 Å². The average molecular weight is 421 g/mol. The second-order valence-corrected chi connectivity index (χ2v) is 8.96. The van der Waals surface area contributed by atoms with Crippen molar-refractivity contribution < 1.29 is 9.59 Å². The molecule has 1 saturated carbocycles. The summed E-state index contributed by atoms with van der Waals surface area (Å²) in [7, 11) is 0. The van der Waals surface area contributed by atoms with E-state index in [0.717, 1.165) is 30.6 Å². The zero-order valence-electron chi connectivity index (χ0n) is 18.1. The summed E-state index contributed by atoms with van der Waals surface area (Å²) >= 11 is 0. The number of aryl methyl sites for hydroxylation is 1. The van der Waals surface area contributed by atoms with Gasteiger partial charge in [0.05, 0.1) is 23.8 Å². The molecular formula is C25H32N4O2. The first-order chi connectivity index (χ1) is 15.0. The number of carbonyl (C=O) groups is 2. The minimum atomic E-state index is -0.108. The summed E-state index contributed by atoms with van der Waals surface area (Å²) in [6, 6.07) is 13.5. The highest BCUT2D eigenvalue weighted by molar-refractivity contribution is 6.01. The SMILES string of the molecule is Cc1ccc(C2CC(=O)Nc3cc(C(=O)NCC4CCCC(CN)C4)ccc3N2)cc1. The number of fused-ring (bicyclic) bond motifs is 1. The first-order valence-electron chi connectivity index (χ1n) is 11.3. The van der Waals surface area contributed by atoms with Crippen molar-refractivity contribution in [1.82, 2.24) is 5.32 Å². The predicted octanol–water partition coefficient (Wildman–Crippen LogP) is 3.99. The molecule has 6 heteroatoms. The van der Waals surface area contributed by atoms with Crippen molar-refractivity contribution in [3.05, 3.63) is 59.2 Å². The van der Waals surface area contributed by atoms with Gasteiger partial charge in [0.15, 0.2) is 0 Å². The fraction of sp³-hybridized carbons (Fsp3) is 0.440. The number of amides is 2. The Balaban J connectivity index is 1.43. The predicted molar refractivity (Wildman–Crippen MR) is 124 cm³/mol. The van der Waals surface area contributed by atoms with Crippen LogP contribution in [0, 0.1) is 18.8 Å². The fourth-order valence-electron chi connectivity index (χ4n) is 4.68. The number of nitrogens with two attached hydrogens (primary N) is 1. The molecule has 6 nitrogen and oxygen atoms in total. The zero-order valence-corrected chi connectivity index (χ0v) is 18.1. The third kappa shape index (κ3) is 5.25. The number of rotatable bonds is 5. The molecule has 4 rings (SSSR count). The molecular weight excluding hydrogens is 388 g/mol.